The number of rotatable bonds is 4. The monoisotopic (exact) mass is 505 g/mol. The first-order valence-corrected chi connectivity index (χ1v) is 11.5. The second-order valence-corrected chi connectivity index (χ2v) is 8.60. The highest BCUT2D eigenvalue weighted by Crippen LogP contribution is 2.31. The average molecular weight is 505 g/mol. The fraction of sp³-hybridized carbons (Fsp3) is 0.143. The standard InChI is InChI=1S/C28H22F3N3O3/c1-32(27(36)23-9-3-5-11-25(23)37-28(29,30)31)21-14-12-19(13-15-21)26(35)34-18-22-8-6-16-33(22)17-20-7-2-4-10-24(20)34/h2-16H,17-18H2,1H3. The number of halogens is 3. The summed E-state index contributed by atoms with van der Waals surface area (Å²) in [4.78, 5) is 29.5. The molecule has 3 aromatic carbocycles. The van der Waals surface area contributed by atoms with Gasteiger partial charge in [0.05, 0.1) is 12.1 Å². The molecule has 2 heterocycles. The van der Waals surface area contributed by atoms with Crippen LogP contribution in [0, 0.1) is 0 Å². The van der Waals surface area contributed by atoms with Gasteiger partial charge in [0.15, 0.2) is 0 Å². The summed E-state index contributed by atoms with van der Waals surface area (Å²) in [6, 6.07) is 23.2. The van der Waals surface area contributed by atoms with Gasteiger partial charge < -0.3 is 19.1 Å². The van der Waals surface area contributed by atoms with E-state index in [2.05, 4.69) is 9.30 Å². The third-order valence-corrected chi connectivity index (χ3v) is 6.26. The fourth-order valence-corrected chi connectivity index (χ4v) is 4.41. The summed E-state index contributed by atoms with van der Waals surface area (Å²) in [5.41, 5.74) is 3.45. The number of ether oxygens (including phenoxy) is 1. The third-order valence-electron chi connectivity index (χ3n) is 6.26. The summed E-state index contributed by atoms with van der Waals surface area (Å²) in [7, 11) is 1.45. The Morgan fingerprint density at radius 1 is 0.865 bits per heavy atom. The molecule has 0 saturated heterocycles. The van der Waals surface area contributed by atoms with E-state index >= 15 is 0 Å². The first kappa shape index (κ1) is 24.2. The maximum absolute atomic E-state index is 13.6. The van der Waals surface area contributed by atoms with Gasteiger partial charge >= 0.3 is 6.36 Å². The van der Waals surface area contributed by atoms with E-state index in [4.69, 9.17) is 0 Å². The minimum Gasteiger partial charge on any atom is -0.405 e. The van der Waals surface area contributed by atoms with Gasteiger partial charge in [0.25, 0.3) is 11.8 Å². The first-order chi connectivity index (χ1) is 17.7. The summed E-state index contributed by atoms with van der Waals surface area (Å²) in [5, 5.41) is 0. The Hall–Kier alpha value is -4.53. The van der Waals surface area contributed by atoms with E-state index in [-0.39, 0.29) is 11.5 Å². The van der Waals surface area contributed by atoms with E-state index in [1.54, 1.807) is 29.2 Å². The Morgan fingerprint density at radius 3 is 2.32 bits per heavy atom. The molecule has 1 aliphatic rings. The molecule has 9 heteroatoms. The number of carbonyl (C=O) groups is 2. The summed E-state index contributed by atoms with van der Waals surface area (Å²) in [5.74, 6) is -1.46. The van der Waals surface area contributed by atoms with Gasteiger partial charge in [0.2, 0.25) is 0 Å². The van der Waals surface area contributed by atoms with Crippen LogP contribution in [0.4, 0.5) is 24.5 Å². The molecular formula is C28H22F3N3O3. The van der Waals surface area contributed by atoms with Crippen LogP contribution in [0.3, 0.4) is 0 Å². The van der Waals surface area contributed by atoms with Crippen LogP contribution in [-0.2, 0) is 13.1 Å². The molecule has 0 spiro atoms. The molecule has 6 nitrogen and oxygen atoms in total. The normalized spacial score (nSPS) is 12.8. The molecule has 0 fully saturated rings. The van der Waals surface area contributed by atoms with Crippen molar-refractivity contribution in [2.24, 2.45) is 0 Å². The fourth-order valence-electron chi connectivity index (χ4n) is 4.41. The van der Waals surface area contributed by atoms with Gasteiger partial charge in [-0.15, -0.1) is 13.2 Å². The van der Waals surface area contributed by atoms with Crippen LogP contribution in [0.5, 0.6) is 5.75 Å². The van der Waals surface area contributed by atoms with Crippen molar-refractivity contribution in [3.05, 3.63) is 114 Å². The van der Waals surface area contributed by atoms with E-state index in [0.29, 0.717) is 24.3 Å². The second kappa shape index (κ2) is 9.50. The van der Waals surface area contributed by atoms with E-state index in [1.807, 2.05) is 42.6 Å². The molecule has 2 amide bonds. The number of hydrogen-bond acceptors (Lipinski definition) is 3. The minimum absolute atomic E-state index is 0.202. The van der Waals surface area contributed by atoms with Crippen molar-refractivity contribution in [2.45, 2.75) is 19.5 Å². The zero-order valence-corrected chi connectivity index (χ0v) is 19.8. The third kappa shape index (κ3) is 4.93. The number of fused-ring (bicyclic) bond motifs is 2. The van der Waals surface area contributed by atoms with Gasteiger partial charge in [-0.1, -0.05) is 30.3 Å². The van der Waals surface area contributed by atoms with Crippen molar-refractivity contribution in [3.8, 4) is 5.75 Å². The zero-order valence-electron chi connectivity index (χ0n) is 19.8. The van der Waals surface area contributed by atoms with Crippen LogP contribution in [0.25, 0.3) is 0 Å². The SMILES string of the molecule is CN(C(=O)c1ccccc1OC(F)(F)F)c1ccc(C(=O)N2Cc3cccn3Cc3ccccc32)cc1. The number of alkyl halides is 3. The summed E-state index contributed by atoms with van der Waals surface area (Å²) in [6.45, 7) is 1.06. The molecule has 0 aliphatic carbocycles. The average Bonchev–Trinajstić information content (AvgIpc) is 3.26. The highest BCUT2D eigenvalue weighted by molar-refractivity contribution is 6.09. The molecule has 1 aromatic heterocycles. The molecule has 37 heavy (non-hydrogen) atoms. The zero-order chi connectivity index (χ0) is 26.2. The van der Waals surface area contributed by atoms with E-state index < -0.39 is 18.0 Å². The van der Waals surface area contributed by atoms with Crippen molar-refractivity contribution in [1.82, 2.24) is 4.57 Å². The van der Waals surface area contributed by atoms with Crippen molar-refractivity contribution < 1.29 is 27.5 Å². The van der Waals surface area contributed by atoms with Crippen molar-refractivity contribution >= 4 is 23.2 Å². The highest BCUT2D eigenvalue weighted by Gasteiger charge is 2.33. The van der Waals surface area contributed by atoms with Crippen LogP contribution in [0.1, 0.15) is 32.0 Å². The molecule has 4 aromatic rings. The molecule has 0 saturated carbocycles. The van der Waals surface area contributed by atoms with Gasteiger partial charge in [0.1, 0.15) is 5.75 Å². The summed E-state index contributed by atoms with van der Waals surface area (Å²) < 4.78 is 44.5. The van der Waals surface area contributed by atoms with E-state index in [9.17, 15) is 22.8 Å². The topological polar surface area (TPSA) is 54.8 Å². The lowest BCUT2D eigenvalue weighted by Gasteiger charge is -2.23. The molecule has 1 aliphatic heterocycles. The maximum Gasteiger partial charge on any atom is 0.573 e. The number of carbonyl (C=O) groups excluding carboxylic acids is 2. The van der Waals surface area contributed by atoms with Crippen LogP contribution in [0.15, 0.2) is 91.1 Å². The Bertz CT molecular complexity index is 1460. The van der Waals surface area contributed by atoms with Crippen LogP contribution in [-0.4, -0.2) is 29.8 Å². The lowest BCUT2D eigenvalue weighted by atomic mass is 10.1. The van der Waals surface area contributed by atoms with Crippen LogP contribution in [0.2, 0.25) is 0 Å². The second-order valence-electron chi connectivity index (χ2n) is 8.60. The Morgan fingerprint density at radius 2 is 1.57 bits per heavy atom. The number of anilines is 2. The molecular weight excluding hydrogens is 483 g/mol. The minimum atomic E-state index is -4.93. The molecule has 0 radical (unpaired) electrons. The smallest absolute Gasteiger partial charge is 0.405 e. The van der Waals surface area contributed by atoms with E-state index in [1.165, 1.54) is 30.1 Å². The van der Waals surface area contributed by atoms with Crippen LogP contribution < -0.4 is 14.5 Å². The van der Waals surface area contributed by atoms with Crippen molar-refractivity contribution in [2.75, 3.05) is 16.8 Å². The van der Waals surface area contributed by atoms with Gasteiger partial charge in [-0.2, -0.15) is 0 Å². The first-order valence-electron chi connectivity index (χ1n) is 11.5. The summed E-state index contributed by atoms with van der Waals surface area (Å²) >= 11 is 0. The molecule has 0 unspecified atom stereocenters. The largest absolute Gasteiger partial charge is 0.573 e. The highest BCUT2D eigenvalue weighted by atomic mass is 19.4. The van der Waals surface area contributed by atoms with Gasteiger partial charge in [-0.25, -0.2) is 0 Å². The molecule has 0 bridgehead atoms. The Balaban J connectivity index is 1.39. The molecule has 0 atom stereocenters. The quantitative estimate of drug-likeness (QED) is 0.349. The summed E-state index contributed by atoms with van der Waals surface area (Å²) in [6.07, 6.45) is -2.94. The molecule has 188 valence electrons. The predicted molar refractivity (Wildman–Crippen MR) is 133 cm³/mol. The number of amides is 2. The van der Waals surface area contributed by atoms with Crippen molar-refractivity contribution in [1.29, 1.82) is 0 Å². The molecule has 0 N–H and O–H groups in total. The Kier molecular flexibility index (Phi) is 6.20. The lowest BCUT2D eigenvalue weighted by molar-refractivity contribution is -0.274. The van der Waals surface area contributed by atoms with E-state index in [0.717, 1.165) is 23.0 Å². The number of nitrogens with zero attached hydrogens (tertiary/aromatic N) is 3. The predicted octanol–water partition coefficient (Wildman–Crippen LogP) is 5.87. The number of para-hydroxylation sites is 2. The van der Waals surface area contributed by atoms with Gasteiger partial charge in [0, 0.05) is 42.4 Å². The molecule has 5 rings (SSSR count). The lowest BCUT2D eigenvalue weighted by Crippen LogP contribution is -2.31. The maximum atomic E-state index is 13.6. The Labute approximate surface area is 211 Å². The number of aromatic nitrogens is 1. The van der Waals surface area contributed by atoms with Gasteiger partial charge in [-0.05, 0) is 60.2 Å². The van der Waals surface area contributed by atoms with Crippen LogP contribution >= 0.6 is 0 Å². The number of hydrogen-bond donors (Lipinski definition) is 0. The van der Waals surface area contributed by atoms with Crippen molar-refractivity contribution in [3.63, 3.8) is 0 Å². The number of benzene rings is 3. The van der Waals surface area contributed by atoms with Gasteiger partial charge in [-0.3, -0.25) is 9.59 Å².